The molecule has 1 fully saturated rings. The topological polar surface area (TPSA) is 51.0 Å². The molecule has 3 heterocycles. The van der Waals surface area contributed by atoms with Crippen LogP contribution in [0.3, 0.4) is 0 Å². The highest BCUT2D eigenvalue weighted by molar-refractivity contribution is 5.79. The Hall–Kier alpha value is -2.17. The highest BCUT2D eigenvalue weighted by Crippen LogP contribution is 2.28. The van der Waals surface area contributed by atoms with Crippen molar-refractivity contribution in [3.63, 3.8) is 0 Å². The van der Waals surface area contributed by atoms with Crippen LogP contribution in [0.4, 0.5) is 0 Å². The van der Waals surface area contributed by atoms with E-state index in [1.165, 1.54) is 0 Å². The Morgan fingerprint density at radius 2 is 2.14 bits per heavy atom. The van der Waals surface area contributed by atoms with Gasteiger partial charge in [0.25, 0.3) is 0 Å². The summed E-state index contributed by atoms with van der Waals surface area (Å²) in [5, 5.41) is 0. The maximum atomic E-state index is 12.1. The van der Waals surface area contributed by atoms with Crippen molar-refractivity contribution in [3.05, 3.63) is 36.3 Å². The van der Waals surface area contributed by atoms with E-state index in [4.69, 9.17) is 0 Å². The quantitative estimate of drug-likeness (QED) is 0.870. The second-order valence-corrected chi connectivity index (χ2v) is 5.82. The number of pyridine rings is 1. The Labute approximate surface area is 124 Å². The molecule has 1 aliphatic heterocycles. The van der Waals surface area contributed by atoms with E-state index in [2.05, 4.69) is 28.4 Å². The first-order chi connectivity index (χ1) is 10.1. The SMILES string of the molecule is Cc1cccc(-c2nccn2[C@@H]2CC(=O)N(C(C)C)C2)n1. The molecule has 0 aliphatic carbocycles. The molecular formula is C16H20N4O. The van der Waals surface area contributed by atoms with Gasteiger partial charge in [-0.15, -0.1) is 0 Å². The predicted molar refractivity (Wildman–Crippen MR) is 80.7 cm³/mol. The van der Waals surface area contributed by atoms with Crippen molar-refractivity contribution >= 4 is 5.91 Å². The van der Waals surface area contributed by atoms with E-state index < -0.39 is 0 Å². The summed E-state index contributed by atoms with van der Waals surface area (Å²) in [5.41, 5.74) is 1.82. The third-order valence-electron chi connectivity index (χ3n) is 3.94. The van der Waals surface area contributed by atoms with Crippen molar-refractivity contribution in [1.82, 2.24) is 19.4 Å². The van der Waals surface area contributed by atoms with Crippen molar-refractivity contribution in [2.75, 3.05) is 6.54 Å². The van der Waals surface area contributed by atoms with Crippen molar-refractivity contribution in [3.8, 4) is 11.5 Å². The second-order valence-electron chi connectivity index (χ2n) is 5.82. The number of hydrogen-bond donors (Lipinski definition) is 0. The molecule has 0 unspecified atom stereocenters. The van der Waals surface area contributed by atoms with Crippen LogP contribution in [0.25, 0.3) is 11.5 Å². The number of imidazole rings is 1. The van der Waals surface area contributed by atoms with Gasteiger partial charge in [-0.25, -0.2) is 9.97 Å². The number of aromatic nitrogens is 3. The number of carbonyl (C=O) groups excluding carboxylic acids is 1. The lowest BCUT2D eigenvalue weighted by molar-refractivity contribution is -0.129. The average molecular weight is 284 g/mol. The van der Waals surface area contributed by atoms with Crippen LogP contribution in [0.5, 0.6) is 0 Å². The number of carbonyl (C=O) groups is 1. The number of likely N-dealkylation sites (tertiary alicyclic amines) is 1. The van der Waals surface area contributed by atoms with Crippen LogP contribution in [0.2, 0.25) is 0 Å². The van der Waals surface area contributed by atoms with E-state index in [9.17, 15) is 4.79 Å². The third kappa shape index (κ3) is 2.55. The maximum Gasteiger partial charge on any atom is 0.225 e. The van der Waals surface area contributed by atoms with Crippen molar-refractivity contribution in [1.29, 1.82) is 0 Å². The first kappa shape index (κ1) is 13.8. The molecule has 3 rings (SSSR count). The Morgan fingerprint density at radius 3 is 2.81 bits per heavy atom. The highest BCUT2D eigenvalue weighted by atomic mass is 16.2. The molecule has 2 aromatic rings. The summed E-state index contributed by atoms with van der Waals surface area (Å²) in [6.07, 6.45) is 4.26. The second kappa shape index (κ2) is 5.31. The number of hydrogen-bond acceptors (Lipinski definition) is 3. The lowest BCUT2D eigenvalue weighted by Gasteiger charge is -2.21. The Morgan fingerprint density at radius 1 is 1.33 bits per heavy atom. The van der Waals surface area contributed by atoms with Gasteiger partial charge in [-0.1, -0.05) is 6.07 Å². The number of aryl methyl sites for hydroxylation is 1. The van der Waals surface area contributed by atoms with Gasteiger partial charge >= 0.3 is 0 Å². The molecular weight excluding hydrogens is 264 g/mol. The molecule has 0 N–H and O–H groups in total. The van der Waals surface area contributed by atoms with Gasteiger partial charge in [-0.05, 0) is 32.9 Å². The largest absolute Gasteiger partial charge is 0.338 e. The number of amides is 1. The van der Waals surface area contributed by atoms with E-state index in [1.807, 2.05) is 36.2 Å². The fourth-order valence-corrected chi connectivity index (χ4v) is 2.87. The predicted octanol–water partition coefficient (Wildman–Crippen LogP) is 2.44. The number of nitrogens with zero attached hydrogens (tertiary/aromatic N) is 4. The maximum absolute atomic E-state index is 12.1. The van der Waals surface area contributed by atoms with Gasteiger partial charge in [-0.3, -0.25) is 4.79 Å². The lowest BCUT2D eigenvalue weighted by Crippen LogP contribution is -2.32. The van der Waals surface area contributed by atoms with Crippen LogP contribution < -0.4 is 0 Å². The van der Waals surface area contributed by atoms with Crippen LogP contribution in [-0.2, 0) is 4.79 Å². The fraction of sp³-hybridized carbons (Fsp3) is 0.438. The molecule has 0 aromatic carbocycles. The standard InChI is InChI=1S/C16H20N4O/c1-11(2)20-10-13(9-15(20)21)19-8-7-17-16(19)14-6-4-5-12(3)18-14/h4-8,11,13H,9-10H2,1-3H3/t13-/m1/s1. The Bertz CT molecular complexity index is 662. The van der Waals surface area contributed by atoms with Crippen molar-refractivity contribution in [2.45, 2.75) is 39.3 Å². The summed E-state index contributed by atoms with van der Waals surface area (Å²) in [5.74, 6) is 1.05. The monoisotopic (exact) mass is 284 g/mol. The van der Waals surface area contributed by atoms with E-state index in [1.54, 1.807) is 6.20 Å². The summed E-state index contributed by atoms with van der Waals surface area (Å²) in [6.45, 7) is 6.82. The molecule has 5 nitrogen and oxygen atoms in total. The summed E-state index contributed by atoms with van der Waals surface area (Å²) in [4.78, 5) is 23.0. The molecule has 2 aromatic heterocycles. The van der Waals surface area contributed by atoms with E-state index in [-0.39, 0.29) is 18.0 Å². The van der Waals surface area contributed by atoms with Crippen molar-refractivity contribution in [2.24, 2.45) is 0 Å². The molecule has 1 amide bonds. The molecule has 1 aliphatic rings. The van der Waals surface area contributed by atoms with Gasteiger partial charge in [0.2, 0.25) is 5.91 Å². The minimum Gasteiger partial charge on any atom is -0.338 e. The zero-order valence-electron chi connectivity index (χ0n) is 12.7. The third-order valence-corrected chi connectivity index (χ3v) is 3.94. The Kier molecular flexibility index (Phi) is 3.49. The molecule has 5 heteroatoms. The first-order valence-corrected chi connectivity index (χ1v) is 7.32. The molecule has 0 spiro atoms. The molecule has 0 radical (unpaired) electrons. The highest BCUT2D eigenvalue weighted by Gasteiger charge is 2.33. The molecule has 0 saturated carbocycles. The van der Waals surface area contributed by atoms with E-state index in [0.29, 0.717) is 6.42 Å². The summed E-state index contributed by atoms with van der Waals surface area (Å²) in [6, 6.07) is 6.29. The summed E-state index contributed by atoms with van der Waals surface area (Å²) >= 11 is 0. The van der Waals surface area contributed by atoms with E-state index >= 15 is 0 Å². The van der Waals surface area contributed by atoms with E-state index in [0.717, 1.165) is 23.8 Å². The van der Waals surface area contributed by atoms with Crippen LogP contribution in [0, 0.1) is 6.92 Å². The first-order valence-electron chi connectivity index (χ1n) is 7.32. The van der Waals surface area contributed by atoms with Gasteiger partial charge < -0.3 is 9.47 Å². The summed E-state index contributed by atoms with van der Waals surface area (Å²) in [7, 11) is 0. The van der Waals surface area contributed by atoms with Gasteiger partial charge in [-0.2, -0.15) is 0 Å². The Balaban J connectivity index is 1.92. The van der Waals surface area contributed by atoms with Crippen LogP contribution in [0.15, 0.2) is 30.6 Å². The minimum absolute atomic E-state index is 0.139. The normalized spacial score (nSPS) is 18.8. The van der Waals surface area contributed by atoms with Gasteiger partial charge in [0.1, 0.15) is 5.69 Å². The van der Waals surface area contributed by atoms with Gasteiger partial charge in [0.05, 0.1) is 6.04 Å². The van der Waals surface area contributed by atoms with Gasteiger partial charge in [0, 0.05) is 37.1 Å². The van der Waals surface area contributed by atoms with Crippen LogP contribution >= 0.6 is 0 Å². The van der Waals surface area contributed by atoms with Crippen LogP contribution in [0.1, 0.15) is 32.0 Å². The van der Waals surface area contributed by atoms with Gasteiger partial charge in [0.15, 0.2) is 5.82 Å². The average Bonchev–Trinajstić information content (AvgIpc) is 3.04. The lowest BCUT2D eigenvalue weighted by atomic mass is 10.2. The minimum atomic E-state index is 0.139. The fourth-order valence-electron chi connectivity index (χ4n) is 2.87. The molecule has 1 atom stereocenters. The van der Waals surface area contributed by atoms with Crippen molar-refractivity contribution < 1.29 is 4.79 Å². The zero-order valence-corrected chi connectivity index (χ0v) is 12.7. The molecule has 0 bridgehead atoms. The number of rotatable bonds is 3. The molecule has 110 valence electrons. The molecule has 1 saturated heterocycles. The smallest absolute Gasteiger partial charge is 0.225 e. The van der Waals surface area contributed by atoms with Crippen LogP contribution in [-0.4, -0.2) is 37.9 Å². The zero-order chi connectivity index (χ0) is 15.0. The summed E-state index contributed by atoms with van der Waals surface area (Å²) < 4.78 is 2.09. The molecule has 21 heavy (non-hydrogen) atoms.